The van der Waals surface area contributed by atoms with Crippen molar-refractivity contribution in [3.8, 4) is 0 Å². The minimum Gasteiger partial charge on any atom is -0.265 e. The van der Waals surface area contributed by atoms with Crippen LogP contribution in [0.1, 0.15) is 12.5 Å². The first kappa shape index (κ1) is 7.35. The molecule has 2 nitrogen and oxygen atoms in total. The lowest BCUT2D eigenvalue weighted by Crippen LogP contribution is -1.94. The Bertz CT molecular complexity index is 401. The normalized spacial score (nSPS) is 10.8. The van der Waals surface area contributed by atoms with Gasteiger partial charge in [0.2, 0.25) is 0 Å². The molecule has 2 aromatic rings. The van der Waals surface area contributed by atoms with Crippen molar-refractivity contribution in [2.75, 3.05) is 0 Å². The Labute approximate surface area is 71.8 Å². The number of rotatable bonds is 1. The molecule has 0 aliphatic heterocycles. The number of benzene rings is 1. The highest BCUT2D eigenvalue weighted by Crippen LogP contribution is 2.16. The van der Waals surface area contributed by atoms with E-state index in [4.69, 9.17) is 0 Å². The summed E-state index contributed by atoms with van der Waals surface area (Å²) in [6, 6.07) is 7.08. The minimum absolute atomic E-state index is 0.917. The highest BCUT2D eigenvalue weighted by molar-refractivity contribution is 5.81. The van der Waals surface area contributed by atoms with E-state index < -0.39 is 0 Å². The molecule has 1 radical (unpaired) electrons. The largest absolute Gasteiger partial charge is 0.265 e. The maximum Gasteiger partial charge on any atom is 0.0691 e. The van der Waals surface area contributed by atoms with E-state index in [0.29, 0.717) is 0 Å². The second-order valence-electron chi connectivity index (χ2n) is 2.90. The predicted octanol–water partition coefficient (Wildman–Crippen LogP) is 2.16. The molecule has 1 heterocycles. The molecule has 0 unspecified atom stereocenters. The van der Waals surface area contributed by atoms with Crippen LogP contribution >= 0.6 is 0 Å². The van der Waals surface area contributed by atoms with Gasteiger partial charge in [-0.1, -0.05) is 6.07 Å². The van der Waals surface area contributed by atoms with Gasteiger partial charge in [0.05, 0.1) is 11.7 Å². The van der Waals surface area contributed by atoms with Gasteiger partial charge in [0.15, 0.2) is 0 Å². The Balaban J connectivity index is 2.80. The van der Waals surface area contributed by atoms with Crippen molar-refractivity contribution < 1.29 is 0 Å². The van der Waals surface area contributed by atoms with Gasteiger partial charge < -0.3 is 0 Å². The number of aryl methyl sites for hydroxylation is 2. The quantitative estimate of drug-likeness (QED) is 0.623. The van der Waals surface area contributed by atoms with Crippen LogP contribution < -0.4 is 0 Å². The third kappa shape index (κ3) is 0.916. The summed E-state index contributed by atoms with van der Waals surface area (Å²) >= 11 is 0. The molecule has 2 heteroatoms. The lowest BCUT2D eigenvalue weighted by molar-refractivity contribution is 0.684. The average Bonchev–Trinajstić information content (AvgIpc) is 2.49. The second-order valence-corrected chi connectivity index (χ2v) is 2.90. The van der Waals surface area contributed by atoms with Crippen molar-refractivity contribution in [2.24, 2.45) is 0 Å². The molecule has 2 rings (SSSR count). The van der Waals surface area contributed by atoms with Crippen LogP contribution in [0.3, 0.4) is 0 Å². The van der Waals surface area contributed by atoms with Crippen LogP contribution in [0.5, 0.6) is 0 Å². The van der Waals surface area contributed by atoms with Crippen LogP contribution in [-0.4, -0.2) is 9.78 Å². The smallest absolute Gasteiger partial charge is 0.0691 e. The Hall–Kier alpha value is -1.31. The van der Waals surface area contributed by atoms with Crippen LogP contribution in [0, 0.1) is 13.0 Å². The van der Waals surface area contributed by atoms with Crippen LogP contribution in [0.15, 0.2) is 18.3 Å². The summed E-state index contributed by atoms with van der Waals surface area (Å²) in [5, 5.41) is 5.50. The van der Waals surface area contributed by atoms with Crippen LogP contribution in [-0.2, 0) is 6.54 Å². The van der Waals surface area contributed by atoms with E-state index in [2.05, 4.69) is 25.0 Å². The Morgan fingerprint density at radius 1 is 1.50 bits per heavy atom. The third-order valence-electron chi connectivity index (χ3n) is 2.12. The molecule has 0 saturated carbocycles. The maximum atomic E-state index is 4.27. The summed E-state index contributed by atoms with van der Waals surface area (Å²) in [6.07, 6.45) is 1.92. The van der Waals surface area contributed by atoms with E-state index >= 15 is 0 Å². The first-order valence-electron chi connectivity index (χ1n) is 4.15. The monoisotopic (exact) mass is 159 g/mol. The molecule has 1 aromatic carbocycles. The molecule has 0 fully saturated rings. The van der Waals surface area contributed by atoms with Crippen molar-refractivity contribution in [3.05, 3.63) is 30.0 Å². The second kappa shape index (κ2) is 2.63. The number of nitrogens with zero attached hydrogens (tertiary/aromatic N) is 2. The van der Waals surface area contributed by atoms with Gasteiger partial charge >= 0.3 is 0 Å². The fourth-order valence-corrected chi connectivity index (χ4v) is 1.43. The van der Waals surface area contributed by atoms with E-state index in [1.807, 2.05) is 23.0 Å². The number of aromatic nitrogens is 2. The van der Waals surface area contributed by atoms with Crippen molar-refractivity contribution in [1.82, 2.24) is 9.78 Å². The van der Waals surface area contributed by atoms with E-state index in [1.165, 1.54) is 16.5 Å². The lowest BCUT2D eigenvalue weighted by atomic mass is 10.1. The fraction of sp³-hybridized carbons (Fsp3) is 0.300. The zero-order chi connectivity index (χ0) is 8.55. The van der Waals surface area contributed by atoms with E-state index in [0.717, 1.165) is 6.54 Å². The lowest BCUT2D eigenvalue weighted by Gasteiger charge is -1.98. The molecular weight excluding hydrogens is 148 g/mol. The molecule has 61 valence electrons. The van der Waals surface area contributed by atoms with Crippen molar-refractivity contribution in [2.45, 2.75) is 20.4 Å². The van der Waals surface area contributed by atoms with Gasteiger partial charge in [0, 0.05) is 11.9 Å². The summed E-state index contributed by atoms with van der Waals surface area (Å²) < 4.78 is 1.98. The molecule has 1 aromatic heterocycles. The van der Waals surface area contributed by atoms with Gasteiger partial charge in [-0.25, -0.2) is 0 Å². The van der Waals surface area contributed by atoms with Crippen LogP contribution in [0.25, 0.3) is 10.9 Å². The van der Waals surface area contributed by atoms with Crippen LogP contribution in [0.4, 0.5) is 0 Å². The zero-order valence-corrected chi connectivity index (χ0v) is 7.33. The summed E-state index contributed by atoms with van der Waals surface area (Å²) in [6.45, 7) is 5.09. The Kier molecular flexibility index (Phi) is 1.61. The number of fused-ring (bicyclic) bond motifs is 1. The SMILES string of the molecule is CCn1ncc2c(C)c[c]cc21. The topological polar surface area (TPSA) is 17.8 Å². The van der Waals surface area contributed by atoms with Crippen molar-refractivity contribution >= 4 is 10.9 Å². The molecule has 0 aliphatic carbocycles. The highest BCUT2D eigenvalue weighted by Gasteiger charge is 2.01. The number of hydrogen-bond acceptors (Lipinski definition) is 1. The molecule has 0 saturated heterocycles. The Morgan fingerprint density at radius 2 is 2.33 bits per heavy atom. The summed E-state index contributed by atoms with van der Waals surface area (Å²) in [5.41, 5.74) is 2.42. The van der Waals surface area contributed by atoms with Gasteiger partial charge in [-0.15, -0.1) is 0 Å². The Morgan fingerprint density at radius 3 is 3.08 bits per heavy atom. The molecular formula is C10H11N2. The standard InChI is InChI=1S/C10H11N2/c1-3-12-10-6-4-5-8(2)9(10)7-11-12/h5-7H,3H2,1-2H3. The number of hydrogen-bond donors (Lipinski definition) is 0. The maximum absolute atomic E-state index is 4.27. The highest BCUT2D eigenvalue weighted by atomic mass is 15.3. The molecule has 0 spiro atoms. The molecule has 0 atom stereocenters. The van der Waals surface area contributed by atoms with E-state index in [1.54, 1.807) is 0 Å². The van der Waals surface area contributed by atoms with Gasteiger partial charge in [-0.05, 0) is 31.5 Å². The molecule has 12 heavy (non-hydrogen) atoms. The minimum atomic E-state index is 0.917. The van der Waals surface area contributed by atoms with Crippen molar-refractivity contribution in [1.29, 1.82) is 0 Å². The molecule has 0 aliphatic rings. The molecule has 0 bridgehead atoms. The molecule has 0 N–H and O–H groups in total. The van der Waals surface area contributed by atoms with E-state index in [9.17, 15) is 0 Å². The summed E-state index contributed by atoms with van der Waals surface area (Å²) in [5.74, 6) is 0. The van der Waals surface area contributed by atoms with E-state index in [-0.39, 0.29) is 0 Å². The van der Waals surface area contributed by atoms with Gasteiger partial charge in [0.1, 0.15) is 0 Å². The first-order chi connectivity index (χ1) is 5.83. The summed E-state index contributed by atoms with van der Waals surface area (Å²) in [4.78, 5) is 0. The summed E-state index contributed by atoms with van der Waals surface area (Å²) in [7, 11) is 0. The van der Waals surface area contributed by atoms with Gasteiger partial charge in [-0.3, -0.25) is 4.68 Å². The van der Waals surface area contributed by atoms with Crippen molar-refractivity contribution in [3.63, 3.8) is 0 Å². The van der Waals surface area contributed by atoms with Gasteiger partial charge in [-0.2, -0.15) is 5.10 Å². The van der Waals surface area contributed by atoms with Crippen LogP contribution in [0.2, 0.25) is 0 Å². The zero-order valence-electron chi connectivity index (χ0n) is 7.33. The predicted molar refractivity (Wildman–Crippen MR) is 49.0 cm³/mol. The average molecular weight is 159 g/mol. The first-order valence-corrected chi connectivity index (χ1v) is 4.15. The third-order valence-corrected chi connectivity index (χ3v) is 2.12. The van der Waals surface area contributed by atoms with Gasteiger partial charge in [0.25, 0.3) is 0 Å². The molecule has 0 amide bonds. The fourth-order valence-electron chi connectivity index (χ4n) is 1.43.